The molecule has 0 aliphatic carbocycles. The number of ether oxygens (including phenoxy) is 1. The van der Waals surface area contributed by atoms with Crippen LogP contribution in [0, 0.1) is 0 Å². The minimum Gasteiger partial charge on any atom is -0.543 e. The van der Waals surface area contributed by atoms with Crippen LogP contribution in [0.1, 0.15) is 43.6 Å². The summed E-state index contributed by atoms with van der Waals surface area (Å²) >= 11 is 3.46. The van der Waals surface area contributed by atoms with E-state index in [9.17, 15) is 4.79 Å². The minimum atomic E-state index is -1.94. The van der Waals surface area contributed by atoms with Crippen LogP contribution >= 0.6 is 15.9 Å². The fourth-order valence-corrected chi connectivity index (χ4v) is 3.25. The number of benzene rings is 1. The molecule has 5 heteroatoms. The SMILES string of the molecule is CCOC(=O)c1cccc(O[Si](C)(C)C(C)(C)C)c1CBr. The van der Waals surface area contributed by atoms with Gasteiger partial charge in [0.05, 0.1) is 12.2 Å². The molecule has 0 aromatic heterocycles. The number of carbonyl (C=O) groups is 1. The largest absolute Gasteiger partial charge is 0.543 e. The van der Waals surface area contributed by atoms with Crippen molar-refractivity contribution in [1.82, 2.24) is 0 Å². The average molecular weight is 373 g/mol. The highest BCUT2D eigenvalue weighted by Crippen LogP contribution is 2.39. The Morgan fingerprint density at radius 3 is 2.38 bits per heavy atom. The van der Waals surface area contributed by atoms with Gasteiger partial charge in [0.15, 0.2) is 0 Å². The second-order valence-electron chi connectivity index (χ2n) is 6.50. The highest BCUT2D eigenvalue weighted by molar-refractivity contribution is 9.08. The van der Waals surface area contributed by atoms with E-state index in [1.165, 1.54) is 0 Å². The maximum Gasteiger partial charge on any atom is 0.338 e. The molecule has 0 bridgehead atoms. The normalized spacial score (nSPS) is 12.1. The number of alkyl halides is 1. The summed E-state index contributed by atoms with van der Waals surface area (Å²) in [4.78, 5) is 12.1. The van der Waals surface area contributed by atoms with E-state index in [-0.39, 0.29) is 11.0 Å². The third kappa shape index (κ3) is 4.33. The molecule has 21 heavy (non-hydrogen) atoms. The Balaban J connectivity index is 3.20. The Labute approximate surface area is 137 Å². The lowest BCUT2D eigenvalue weighted by Gasteiger charge is -2.37. The molecule has 0 N–H and O–H groups in total. The summed E-state index contributed by atoms with van der Waals surface area (Å²) in [6.45, 7) is 13.2. The van der Waals surface area contributed by atoms with Gasteiger partial charge in [-0.3, -0.25) is 0 Å². The number of rotatable bonds is 5. The van der Waals surface area contributed by atoms with Crippen molar-refractivity contribution in [1.29, 1.82) is 0 Å². The smallest absolute Gasteiger partial charge is 0.338 e. The zero-order valence-corrected chi connectivity index (χ0v) is 16.3. The topological polar surface area (TPSA) is 35.5 Å². The molecule has 0 unspecified atom stereocenters. The van der Waals surface area contributed by atoms with Gasteiger partial charge in [-0.2, -0.15) is 0 Å². The van der Waals surface area contributed by atoms with Crippen LogP contribution < -0.4 is 4.43 Å². The molecule has 118 valence electrons. The van der Waals surface area contributed by atoms with Crippen molar-refractivity contribution in [2.45, 2.75) is 51.2 Å². The summed E-state index contributed by atoms with van der Waals surface area (Å²) in [7, 11) is -1.94. The lowest BCUT2D eigenvalue weighted by atomic mass is 10.1. The molecule has 1 rings (SSSR count). The van der Waals surface area contributed by atoms with Crippen LogP contribution in [0.3, 0.4) is 0 Å². The Hall–Kier alpha value is -0.813. The van der Waals surface area contributed by atoms with Gasteiger partial charge >= 0.3 is 5.97 Å². The van der Waals surface area contributed by atoms with E-state index >= 15 is 0 Å². The van der Waals surface area contributed by atoms with E-state index in [4.69, 9.17) is 9.16 Å². The predicted octanol–water partition coefficient (Wildman–Crippen LogP) is 5.14. The molecule has 0 spiro atoms. The van der Waals surface area contributed by atoms with Crippen molar-refractivity contribution in [3.63, 3.8) is 0 Å². The van der Waals surface area contributed by atoms with Gasteiger partial charge in [0.25, 0.3) is 0 Å². The molecular formula is C16H25BrO3Si. The van der Waals surface area contributed by atoms with Crippen molar-refractivity contribution in [2.75, 3.05) is 6.61 Å². The summed E-state index contributed by atoms with van der Waals surface area (Å²) in [5.74, 6) is 0.483. The Morgan fingerprint density at radius 1 is 1.29 bits per heavy atom. The maximum absolute atomic E-state index is 12.1. The standard InChI is InChI=1S/C16H25BrO3Si/c1-7-19-15(18)12-9-8-10-14(13(12)11-17)20-21(5,6)16(2,3)4/h8-10H,7,11H2,1-6H3. The summed E-state index contributed by atoms with van der Waals surface area (Å²) in [5, 5.41) is 0.669. The van der Waals surface area contributed by atoms with E-state index in [0.717, 1.165) is 11.3 Å². The predicted molar refractivity (Wildman–Crippen MR) is 92.9 cm³/mol. The van der Waals surface area contributed by atoms with Crippen LogP contribution in [0.5, 0.6) is 5.75 Å². The van der Waals surface area contributed by atoms with Crippen LogP contribution in [-0.4, -0.2) is 20.9 Å². The minimum absolute atomic E-state index is 0.108. The first-order chi connectivity index (χ1) is 9.64. The van der Waals surface area contributed by atoms with Crippen molar-refractivity contribution in [2.24, 2.45) is 0 Å². The summed E-state index contributed by atoms with van der Waals surface area (Å²) in [6, 6.07) is 5.56. The van der Waals surface area contributed by atoms with Gasteiger partial charge < -0.3 is 9.16 Å². The molecule has 0 atom stereocenters. The third-order valence-electron chi connectivity index (χ3n) is 3.93. The molecule has 0 radical (unpaired) electrons. The third-order valence-corrected chi connectivity index (χ3v) is 8.84. The number of halogens is 1. The van der Waals surface area contributed by atoms with Gasteiger partial charge in [0.2, 0.25) is 8.32 Å². The van der Waals surface area contributed by atoms with Gasteiger partial charge in [0.1, 0.15) is 5.75 Å². The number of esters is 1. The van der Waals surface area contributed by atoms with Gasteiger partial charge in [-0.05, 0) is 37.2 Å². The first kappa shape index (κ1) is 18.2. The number of hydrogen-bond donors (Lipinski definition) is 0. The fraction of sp³-hybridized carbons (Fsp3) is 0.562. The first-order valence-corrected chi connectivity index (χ1v) is 11.2. The molecule has 3 nitrogen and oxygen atoms in total. The Kier molecular flexibility index (Phi) is 6.05. The number of carbonyl (C=O) groups excluding carboxylic acids is 1. The average Bonchev–Trinajstić information content (AvgIpc) is 2.37. The van der Waals surface area contributed by atoms with E-state index in [0.29, 0.717) is 17.5 Å². The monoisotopic (exact) mass is 372 g/mol. The Morgan fingerprint density at radius 2 is 1.90 bits per heavy atom. The molecule has 0 fully saturated rings. The molecule has 1 aromatic carbocycles. The highest BCUT2D eigenvalue weighted by Gasteiger charge is 2.39. The van der Waals surface area contributed by atoms with Crippen LogP contribution in [-0.2, 0) is 10.1 Å². The highest BCUT2D eigenvalue weighted by atomic mass is 79.9. The molecule has 0 saturated heterocycles. The zero-order valence-electron chi connectivity index (χ0n) is 13.7. The zero-order chi connectivity index (χ0) is 16.3. The molecule has 1 aromatic rings. The maximum atomic E-state index is 12.1. The van der Waals surface area contributed by atoms with Crippen LogP contribution in [0.15, 0.2) is 18.2 Å². The fourth-order valence-electron chi connectivity index (χ4n) is 1.63. The molecule has 0 heterocycles. The lowest BCUT2D eigenvalue weighted by molar-refractivity contribution is 0.0525. The van der Waals surface area contributed by atoms with E-state index in [2.05, 4.69) is 49.8 Å². The van der Waals surface area contributed by atoms with E-state index in [1.54, 1.807) is 6.07 Å². The van der Waals surface area contributed by atoms with Crippen molar-refractivity contribution < 1.29 is 14.0 Å². The molecule has 0 saturated carbocycles. The van der Waals surface area contributed by atoms with Gasteiger partial charge in [0, 0.05) is 10.9 Å². The van der Waals surface area contributed by atoms with Gasteiger partial charge in [-0.1, -0.05) is 42.8 Å². The summed E-state index contributed by atoms with van der Waals surface area (Å²) < 4.78 is 11.5. The van der Waals surface area contributed by atoms with Crippen molar-refractivity contribution >= 4 is 30.2 Å². The summed E-state index contributed by atoms with van der Waals surface area (Å²) in [5.41, 5.74) is 1.44. The first-order valence-electron chi connectivity index (χ1n) is 7.18. The number of hydrogen-bond acceptors (Lipinski definition) is 3. The molecule has 0 aliphatic heterocycles. The quantitative estimate of drug-likeness (QED) is 0.407. The van der Waals surface area contributed by atoms with Crippen LogP contribution in [0.2, 0.25) is 18.1 Å². The summed E-state index contributed by atoms with van der Waals surface area (Å²) in [6.07, 6.45) is 0. The van der Waals surface area contributed by atoms with Crippen molar-refractivity contribution in [3.8, 4) is 5.75 Å². The molecular weight excluding hydrogens is 348 g/mol. The second-order valence-corrected chi connectivity index (χ2v) is 11.8. The van der Waals surface area contributed by atoms with Gasteiger partial charge in [-0.15, -0.1) is 0 Å². The molecule has 0 amide bonds. The van der Waals surface area contributed by atoms with Gasteiger partial charge in [-0.25, -0.2) is 4.79 Å². The Bertz CT molecular complexity index is 507. The lowest BCUT2D eigenvalue weighted by Crippen LogP contribution is -2.44. The van der Waals surface area contributed by atoms with Crippen LogP contribution in [0.25, 0.3) is 0 Å². The van der Waals surface area contributed by atoms with Crippen molar-refractivity contribution in [3.05, 3.63) is 29.3 Å². The molecule has 0 aliphatic rings. The van der Waals surface area contributed by atoms with E-state index < -0.39 is 8.32 Å². The second kappa shape index (κ2) is 6.96. The van der Waals surface area contributed by atoms with E-state index in [1.807, 2.05) is 19.1 Å². The van der Waals surface area contributed by atoms with Crippen LogP contribution in [0.4, 0.5) is 0 Å².